The highest BCUT2D eigenvalue weighted by Gasteiger charge is 2.21. The molecule has 0 saturated heterocycles. The van der Waals surface area contributed by atoms with Crippen LogP contribution >= 0.6 is 0 Å². The zero-order chi connectivity index (χ0) is 16.9. The number of carbonyl (C=O) groups is 2. The Morgan fingerprint density at radius 1 is 1.13 bits per heavy atom. The van der Waals surface area contributed by atoms with Gasteiger partial charge in [0, 0.05) is 31.4 Å². The molecule has 0 amide bonds. The van der Waals surface area contributed by atoms with Gasteiger partial charge in [0.25, 0.3) is 0 Å². The number of ketones is 1. The molecule has 0 bridgehead atoms. The lowest BCUT2D eigenvalue weighted by Gasteiger charge is -2.06. The first kappa shape index (κ1) is 19.4. The summed E-state index contributed by atoms with van der Waals surface area (Å²) in [6.07, 6.45) is 7.00. The van der Waals surface area contributed by atoms with Crippen molar-refractivity contribution in [3.8, 4) is 11.8 Å². The molecule has 4 nitrogen and oxygen atoms in total. The van der Waals surface area contributed by atoms with E-state index in [2.05, 4.69) is 11.8 Å². The lowest BCUT2D eigenvalue weighted by Crippen LogP contribution is -2.12. The van der Waals surface area contributed by atoms with Crippen LogP contribution in [0.2, 0.25) is 0 Å². The summed E-state index contributed by atoms with van der Waals surface area (Å²) in [4.78, 5) is 23.0. The molecule has 0 N–H and O–H groups in total. The molecule has 1 rings (SSSR count). The molecule has 0 aromatic heterocycles. The molecule has 0 aromatic rings. The molecule has 23 heavy (non-hydrogen) atoms. The van der Waals surface area contributed by atoms with Crippen LogP contribution in [0.3, 0.4) is 0 Å². The molecule has 0 spiro atoms. The molecule has 128 valence electrons. The van der Waals surface area contributed by atoms with Gasteiger partial charge in [-0.15, -0.1) is 5.92 Å². The Hall–Kier alpha value is -1.60. The van der Waals surface area contributed by atoms with Gasteiger partial charge in [-0.3, -0.25) is 4.79 Å². The van der Waals surface area contributed by atoms with Crippen LogP contribution in [0.5, 0.6) is 0 Å². The van der Waals surface area contributed by atoms with Gasteiger partial charge in [0.2, 0.25) is 0 Å². The van der Waals surface area contributed by atoms with Gasteiger partial charge >= 0.3 is 5.97 Å². The first-order chi connectivity index (χ1) is 11.2. The summed E-state index contributed by atoms with van der Waals surface area (Å²) in [5.41, 5.74) is 2.26. The van der Waals surface area contributed by atoms with Crippen LogP contribution in [0.25, 0.3) is 0 Å². The summed E-state index contributed by atoms with van der Waals surface area (Å²) in [5, 5.41) is 0. The minimum atomic E-state index is -0.306. The van der Waals surface area contributed by atoms with Crippen molar-refractivity contribution < 1.29 is 19.1 Å². The number of Topliss-reactive ketones (excluding diaryl/α,β-unsaturated/α-hetero) is 1. The molecule has 0 saturated carbocycles. The minimum Gasteiger partial charge on any atom is -0.464 e. The smallest absolute Gasteiger partial charge is 0.332 e. The van der Waals surface area contributed by atoms with Crippen LogP contribution in [0.15, 0.2) is 11.1 Å². The standard InChI is InChI=1S/C19H28O4/c1-3-5-7-11-17-16(12-13-18(17)20)10-8-6-9-14-22-15-19(21)23-4-2/h3-4,6,8-15H2,1-2H3. The van der Waals surface area contributed by atoms with Crippen LogP contribution in [-0.4, -0.2) is 31.6 Å². The largest absolute Gasteiger partial charge is 0.464 e. The second-order valence-corrected chi connectivity index (χ2v) is 5.56. The van der Waals surface area contributed by atoms with Gasteiger partial charge in [0.05, 0.1) is 6.61 Å². The lowest BCUT2D eigenvalue weighted by molar-refractivity contribution is -0.148. The maximum atomic E-state index is 11.9. The van der Waals surface area contributed by atoms with Crippen molar-refractivity contribution >= 4 is 11.8 Å². The fourth-order valence-electron chi connectivity index (χ4n) is 2.62. The van der Waals surface area contributed by atoms with Gasteiger partial charge in [0.15, 0.2) is 5.78 Å². The van der Waals surface area contributed by atoms with Crippen molar-refractivity contribution in [1.29, 1.82) is 0 Å². The molecular formula is C19H28O4. The third-order valence-electron chi connectivity index (χ3n) is 3.78. The third kappa shape index (κ3) is 7.99. The number of rotatable bonds is 10. The molecule has 4 heteroatoms. The zero-order valence-corrected chi connectivity index (χ0v) is 14.4. The van der Waals surface area contributed by atoms with Crippen molar-refractivity contribution in [1.82, 2.24) is 0 Å². The first-order valence-electron chi connectivity index (χ1n) is 8.62. The topological polar surface area (TPSA) is 52.6 Å². The third-order valence-corrected chi connectivity index (χ3v) is 3.78. The summed E-state index contributed by atoms with van der Waals surface area (Å²) < 4.78 is 10.1. The molecular weight excluding hydrogens is 292 g/mol. The number of esters is 1. The number of unbranched alkanes of at least 4 members (excludes halogenated alkanes) is 2. The SMILES string of the molecule is CCC#CCC1=C(CCCCCOCC(=O)OCC)CCC1=O. The Labute approximate surface area is 139 Å². The molecule has 0 unspecified atom stereocenters. The quantitative estimate of drug-likeness (QED) is 0.351. The van der Waals surface area contributed by atoms with E-state index in [0.717, 1.165) is 44.1 Å². The number of hydrogen-bond donors (Lipinski definition) is 0. The Kier molecular flexibility index (Phi) is 10.1. The Balaban J connectivity index is 2.18. The van der Waals surface area contributed by atoms with E-state index in [1.807, 2.05) is 6.92 Å². The predicted octanol–water partition coefficient (Wildman–Crippen LogP) is 3.59. The van der Waals surface area contributed by atoms with E-state index in [1.54, 1.807) is 6.92 Å². The monoisotopic (exact) mass is 320 g/mol. The van der Waals surface area contributed by atoms with E-state index in [1.165, 1.54) is 5.57 Å². The van der Waals surface area contributed by atoms with E-state index in [4.69, 9.17) is 9.47 Å². The Morgan fingerprint density at radius 2 is 1.96 bits per heavy atom. The molecule has 0 heterocycles. The zero-order valence-electron chi connectivity index (χ0n) is 14.4. The first-order valence-corrected chi connectivity index (χ1v) is 8.62. The maximum Gasteiger partial charge on any atom is 0.332 e. The highest BCUT2D eigenvalue weighted by atomic mass is 16.6. The number of carbonyl (C=O) groups excluding carboxylic acids is 2. The number of ether oxygens (including phenoxy) is 2. The average Bonchev–Trinajstić information content (AvgIpc) is 2.87. The van der Waals surface area contributed by atoms with Crippen molar-refractivity contribution in [2.75, 3.05) is 19.8 Å². The summed E-state index contributed by atoms with van der Waals surface area (Å²) >= 11 is 0. The fraction of sp³-hybridized carbons (Fsp3) is 0.684. The van der Waals surface area contributed by atoms with Crippen LogP contribution < -0.4 is 0 Å². The van der Waals surface area contributed by atoms with Crippen molar-refractivity contribution in [3.63, 3.8) is 0 Å². The van der Waals surface area contributed by atoms with Gasteiger partial charge in [-0.25, -0.2) is 4.79 Å². The average molecular weight is 320 g/mol. The van der Waals surface area contributed by atoms with E-state index in [-0.39, 0.29) is 18.4 Å². The summed E-state index contributed by atoms with van der Waals surface area (Å²) in [6, 6.07) is 0. The van der Waals surface area contributed by atoms with Crippen LogP contribution in [0, 0.1) is 11.8 Å². The lowest BCUT2D eigenvalue weighted by atomic mass is 10.0. The normalized spacial score (nSPS) is 13.9. The van der Waals surface area contributed by atoms with Crippen molar-refractivity contribution in [2.45, 2.75) is 65.2 Å². The highest BCUT2D eigenvalue weighted by Crippen LogP contribution is 2.29. The second kappa shape index (κ2) is 11.9. The van der Waals surface area contributed by atoms with Gasteiger partial charge < -0.3 is 9.47 Å². The number of hydrogen-bond acceptors (Lipinski definition) is 4. The van der Waals surface area contributed by atoms with Gasteiger partial charge in [0.1, 0.15) is 6.61 Å². The van der Waals surface area contributed by atoms with Crippen molar-refractivity contribution in [3.05, 3.63) is 11.1 Å². The maximum absolute atomic E-state index is 11.9. The molecule has 0 aliphatic heterocycles. The van der Waals surface area contributed by atoms with Gasteiger partial charge in [-0.2, -0.15) is 0 Å². The van der Waals surface area contributed by atoms with Gasteiger partial charge in [-0.1, -0.05) is 24.8 Å². The molecule has 0 aromatic carbocycles. The van der Waals surface area contributed by atoms with Crippen LogP contribution in [-0.2, 0) is 19.1 Å². The fourth-order valence-corrected chi connectivity index (χ4v) is 2.62. The van der Waals surface area contributed by atoms with Crippen molar-refractivity contribution in [2.24, 2.45) is 0 Å². The molecule has 1 aliphatic rings. The molecule has 1 aliphatic carbocycles. The van der Waals surface area contributed by atoms with Crippen LogP contribution in [0.1, 0.15) is 65.2 Å². The van der Waals surface area contributed by atoms with E-state index in [0.29, 0.717) is 26.1 Å². The van der Waals surface area contributed by atoms with E-state index < -0.39 is 0 Å². The molecule has 0 atom stereocenters. The minimum absolute atomic E-state index is 0.0355. The predicted molar refractivity (Wildman–Crippen MR) is 89.9 cm³/mol. The Morgan fingerprint density at radius 3 is 2.70 bits per heavy atom. The number of allylic oxidation sites excluding steroid dienone is 2. The van der Waals surface area contributed by atoms with Gasteiger partial charge in [-0.05, 0) is 32.6 Å². The Bertz CT molecular complexity index is 479. The second-order valence-electron chi connectivity index (χ2n) is 5.56. The summed E-state index contributed by atoms with van der Waals surface area (Å²) in [7, 11) is 0. The van der Waals surface area contributed by atoms with E-state index >= 15 is 0 Å². The van der Waals surface area contributed by atoms with E-state index in [9.17, 15) is 9.59 Å². The summed E-state index contributed by atoms with van der Waals surface area (Å²) in [6.45, 7) is 4.80. The molecule has 0 radical (unpaired) electrons. The summed E-state index contributed by atoms with van der Waals surface area (Å²) in [5.74, 6) is 6.09. The molecule has 0 fully saturated rings. The highest BCUT2D eigenvalue weighted by molar-refractivity contribution is 5.99. The van der Waals surface area contributed by atoms with Crippen LogP contribution in [0.4, 0.5) is 0 Å².